The zero-order valence-electron chi connectivity index (χ0n) is 9.28. The highest BCUT2D eigenvalue weighted by Crippen LogP contribution is 2.33. The fraction of sp³-hybridized carbons (Fsp3) is 0.455. The van der Waals surface area contributed by atoms with Crippen LogP contribution in [0.2, 0.25) is 0 Å². The number of rotatable bonds is 5. The van der Waals surface area contributed by atoms with Gasteiger partial charge in [-0.1, -0.05) is 23.3 Å². The second-order valence-corrected chi connectivity index (χ2v) is 3.87. The minimum atomic E-state index is -2.50. The minimum Gasteiger partial charge on any atom is -0.211 e. The Kier molecular flexibility index (Phi) is 4.40. The molecule has 0 spiro atoms. The number of alkyl halides is 2. The largest absolute Gasteiger partial charge is 0.238 e. The van der Waals surface area contributed by atoms with E-state index < -0.39 is 24.2 Å². The first kappa shape index (κ1) is 13.4. The molecule has 1 aromatic carbocycles. The number of hydrogen-bond donors (Lipinski definition) is 0. The SMILES string of the molecule is C[C@@](CCC(F)F)(N=[N+]=[N-])c1ccccc1F. The molecule has 92 valence electrons. The molecule has 0 N–H and O–H groups in total. The third kappa shape index (κ3) is 3.39. The molecular weight excluding hydrogens is 231 g/mol. The quantitative estimate of drug-likeness (QED) is 0.418. The number of nitrogens with zero attached hydrogens (tertiary/aromatic N) is 3. The van der Waals surface area contributed by atoms with E-state index in [2.05, 4.69) is 10.0 Å². The summed E-state index contributed by atoms with van der Waals surface area (Å²) in [5, 5.41) is 3.47. The highest BCUT2D eigenvalue weighted by molar-refractivity contribution is 5.25. The van der Waals surface area contributed by atoms with Crippen molar-refractivity contribution in [1.29, 1.82) is 0 Å². The van der Waals surface area contributed by atoms with Crippen LogP contribution in [-0.2, 0) is 5.54 Å². The van der Waals surface area contributed by atoms with Crippen molar-refractivity contribution in [3.63, 3.8) is 0 Å². The van der Waals surface area contributed by atoms with Gasteiger partial charge >= 0.3 is 0 Å². The van der Waals surface area contributed by atoms with Crippen LogP contribution in [0, 0.1) is 5.82 Å². The number of azide groups is 1. The molecule has 0 fully saturated rings. The number of benzene rings is 1. The molecule has 0 aliphatic heterocycles. The van der Waals surface area contributed by atoms with Gasteiger partial charge in [-0.2, -0.15) is 0 Å². The standard InChI is InChI=1S/C11H12F3N3/c1-11(16-17-15,7-6-10(13)14)8-4-2-3-5-9(8)12/h2-5,10H,6-7H2,1H3/t11-/m0/s1. The van der Waals surface area contributed by atoms with Crippen LogP contribution in [0.5, 0.6) is 0 Å². The Hall–Kier alpha value is -1.68. The van der Waals surface area contributed by atoms with Crippen LogP contribution >= 0.6 is 0 Å². The summed E-state index contributed by atoms with van der Waals surface area (Å²) in [6, 6.07) is 5.72. The summed E-state index contributed by atoms with van der Waals surface area (Å²) in [5.41, 5.74) is 7.32. The van der Waals surface area contributed by atoms with Crippen LogP contribution in [0.3, 0.4) is 0 Å². The molecule has 0 aliphatic rings. The van der Waals surface area contributed by atoms with Crippen molar-refractivity contribution >= 4 is 0 Å². The second-order valence-electron chi connectivity index (χ2n) is 3.87. The predicted octanol–water partition coefficient (Wildman–Crippen LogP) is 4.40. The third-order valence-corrected chi connectivity index (χ3v) is 2.57. The summed E-state index contributed by atoms with van der Waals surface area (Å²) in [5.74, 6) is -0.559. The first-order valence-electron chi connectivity index (χ1n) is 5.09. The molecule has 0 aromatic heterocycles. The third-order valence-electron chi connectivity index (χ3n) is 2.57. The van der Waals surface area contributed by atoms with Crippen molar-refractivity contribution in [3.05, 3.63) is 46.1 Å². The van der Waals surface area contributed by atoms with Gasteiger partial charge in [0.1, 0.15) is 5.82 Å². The highest BCUT2D eigenvalue weighted by atomic mass is 19.3. The van der Waals surface area contributed by atoms with E-state index in [1.54, 1.807) is 6.07 Å². The molecule has 1 atom stereocenters. The van der Waals surface area contributed by atoms with E-state index in [0.717, 1.165) is 0 Å². The molecule has 0 saturated carbocycles. The molecule has 3 nitrogen and oxygen atoms in total. The summed E-state index contributed by atoms with van der Waals surface area (Å²) >= 11 is 0. The van der Waals surface area contributed by atoms with Crippen molar-refractivity contribution in [2.24, 2.45) is 5.11 Å². The van der Waals surface area contributed by atoms with E-state index in [9.17, 15) is 13.2 Å². The van der Waals surface area contributed by atoms with Crippen LogP contribution in [0.15, 0.2) is 29.4 Å². The molecule has 1 rings (SSSR count). The highest BCUT2D eigenvalue weighted by Gasteiger charge is 2.29. The van der Waals surface area contributed by atoms with E-state index in [1.807, 2.05) is 0 Å². The second kappa shape index (κ2) is 5.59. The van der Waals surface area contributed by atoms with E-state index >= 15 is 0 Å². The van der Waals surface area contributed by atoms with Gasteiger partial charge in [0.15, 0.2) is 0 Å². The molecule has 6 heteroatoms. The lowest BCUT2D eigenvalue weighted by atomic mass is 9.88. The van der Waals surface area contributed by atoms with Gasteiger partial charge in [-0.15, -0.1) is 0 Å². The Morgan fingerprint density at radius 3 is 2.59 bits per heavy atom. The van der Waals surface area contributed by atoms with Crippen molar-refractivity contribution in [3.8, 4) is 0 Å². The normalized spacial score (nSPS) is 14.2. The number of hydrogen-bond acceptors (Lipinski definition) is 1. The average molecular weight is 243 g/mol. The monoisotopic (exact) mass is 243 g/mol. The lowest BCUT2D eigenvalue weighted by Gasteiger charge is -2.24. The molecule has 0 amide bonds. The van der Waals surface area contributed by atoms with Crippen molar-refractivity contribution in [2.75, 3.05) is 0 Å². The van der Waals surface area contributed by atoms with Gasteiger partial charge in [-0.05, 0) is 30.5 Å². The lowest BCUT2D eigenvalue weighted by Crippen LogP contribution is -2.21. The van der Waals surface area contributed by atoms with Crippen LogP contribution in [-0.4, -0.2) is 6.43 Å². The Balaban J connectivity index is 3.07. The molecule has 0 saturated heterocycles. The molecule has 0 radical (unpaired) electrons. The zero-order chi connectivity index (χ0) is 12.9. The topological polar surface area (TPSA) is 48.8 Å². The van der Waals surface area contributed by atoms with Gasteiger partial charge in [0, 0.05) is 11.3 Å². The van der Waals surface area contributed by atoms with Crippen LogP contribution in [0.25, 0.3) is 10.4 Å². The predicted molar refractivity (Wildman–Crippen MR) is 58.1 cm³/mol. The van der Waals surface area contributed by atoms with Gasteiger partial charge in [-0.3, -0.25) is 0 Å². The minimum absolute atomic E-state index is 0.102. The molecule has 0 heterocycles. The van der Waals surface area contributed by atoms with Crippen molar-refractivity contribution < 1.29 is 13.2 Å². The van der Waals surface area contributed by atoms with E-state index in [-0.39, 0.29) is 12.0 Å². The first-order chi connectivity index (χ1) is 7.99. The summed E-state index contributed by atoms with van der Waals surface area (Å²) in [6.45, 7) is 1.45. The Bertz CT molecular complexity index is 430. The maximum absolute atomic E-state index is 13.6. The summed E-state index contributed by atoms with van der Waals surface area (Å²) in [7, 11) is 0. The van der Waals surface area contributed by atoms with Crippen molar-refractivity contribution in [2.45, 2.75) is 31.7 Å². The van der Waals surface area contributed by atoms with E-state index in [1.165, 1.54) is 25.1 Å². The maximum Gasteiger partial charge on any atom is 0.238 e. The fourth-order valence-corrected chi connectivity index (χ4v) is 1.63. The molecular formula is C11H12F3N3. The van der Waals surface area contributed by atoms with Crippen LogP contribution < -0.4 is 0 Å². The van der Waals surface area contributed by atoms with E-state index in [4.69, 9.17) is 5.53 Å². The Morgan fingerprint density at radius 1 is 1.41 bits per heavy atom. The molecule has 1 aromatic rings. The van der Waals surface area contributed by atoms with Gasteiger partial charge in [0.25, 0.3) is 0 Å². The van der Waals surface area contributed by atoms with Gasteiger partial charge in [-0.25, -0.2) is 13.2 Å². The van der Waals surface area contributed by atoms with Gasteiger partial charge < -0.3 is 0 Å². The first-order valence-corrected chi connectivity index (χ1v) is 5.09. The Morgan fingerprint density at radius 2 is 2.06 bits per heavy atom. The summed E-state index contributed by atoms with van der Waals surface area (Å²) in [4.78, 5) is 2.62. The fourth-order valence-electron chi connectivity index (χ4n) is 1.63. The smallest absolute Gasteiger partial charge is 0.211 e. The average Bonchev–Trinajstić information content (AvgIpc) is 2.27. The molecule has 0 bridgehead atoms. The van der Waals surface area contributed by atoms with Crippen LogP contribution in [0.4, 0.5) is 13.2 Å². The van der Waals surface area contributed by atoms with Gasteiger partial charge in [0.05, 0.1) is 5.54 Å². The van der Waals surface area contributed by atoms with E-state index in [0.29, 0.717) is 0 Å². The zero-order valence-corrected chi connectivity index (χ0v) is 9.28. The summed E-state index contributed by atoms with van der Waals surface area (Å²) in [6.07, 6.45) is -3.05. The number of halogens is 3. The molecule has 17 heavy (non-hydrogen) atoms. The maximum atomic E-state index is 13.6. The molecule has 0 aliphatic carbocycles. The molecule has 0 unspecified atom stereocenters. The van der Waals surface area contributed by atoms with Crippen LogP contribution in [0.1, 0.15) is 25.3 Å². The summed E-state index contributed by atoms with van der Waals surface area (Å²) < 4.78 is 37.9. The Labute approximate surface area is 96.9 Å². The lowest BCUT2D eigenvalue weighted by molar-refractivity contribution is 0.124. The van der Waals surface area contributed by atoms with Gasteiger partial charge in [0.2, 0.25) is 6.43 Å². The van der Waals surface area contributed by atoms with Crippen molar-refractivity contribution in [1.82, 2.24) is 0 Å².